The molecule has 17 heavy (non-hydrogen) atoms. The highest BCUT2D eigenvalue weighted by molar-refractivity contribution is 6.31. The molecule has 0 heterocycles. The number of hydrogen-bond acceptors (Lipinski definition) is 1. The van der Waals surface area contributed by atoms with Crippen LogP contribution >= 0.6 is 11.6 Å². The molecule has 0 saturated heterocycles. The van der Waals surface area contributed by atoms with Crippen molar-refractivity contribution >= 4 is 11.6 Å². The van der Waals surface area contributed by atoms with E-state index < -0.39 is 0 Å². The molecule has 0 spiro atoms. The van der Waals surface area contributed by atoms with E-state index in [1.807, 2.05) is 12.1 Å². The molecule has 2 heteroatoms. The molecule has 1 nitrogen and oxygen atoms in total. The first-order chi connectivity index (χ1) is 8.12. The lowest BCUT2D eigenvalue weighted by molar-refractivity contribution is 0.215. The van der Waals surface area contributed by atoms with Crippen molar-refractivity contribution in [2.75, 3.05) is 13.6 Å². The van der Waals surface area contributed by atoms with Gasteiger partial charge in [0.25, 0.3) is 0 Å². The predicted molar refractivity (Wildman–Crippen MR) is 74.7 cm³/mol. The van der Waals surface area contributed by atoms with Crippen LogP contribution in [0.1, 0.15) is 38.7 Å². The van der Waals surface area contributed by atoms with Crippen LogP contribution in [0.3, 0.4) is 0 Å². The Labute approximate surface area is 110 Å². The monoisotopic (exact) mass is 251 g/mol. The summed E-state index contributed by atoms with van der Waals surface area (Å²) in [7, 11) is 2.23. The summed E-state index contributed by atoms with van der Waals surface area (Å²) in [6.07, 6.45) is 3.75. The topological polar surface area (TPSA) is 3.24 Å². The van der Waals surface area contributed by atoms with Gasteiger partial charge in [0, 0.05) is 16.5 Å². The lowest BCUT2D eigenvalue weighted by atomic mass is 9.88. The Hall–Kier alpha value is -0.530. The van der Waals surface area contributed by atoms with E-state index in [4.69, 9.17) is 11.6 Å². The fourth-order valence-corrected chi connectivity index (χ4v) is 3.20. The summed E-state index contributed by atoms with van der Waals surface area (Å²) >= 11 is 6.36. The zero-order valence-corrected chi connectivity index (χ0v) is 11.8. The van der Waals surface area contributed by atoms with Gasteiger partial charge in [0.1, 0.15) is 0 Å². The van der Waals surface area contributed by atoms with E-state index in [9.17, 15) is 0 Å². The number of likely N-dealkylation sites (N-methyl/N-ethyl adjacent to an activating group) is 1. The van der Waals surface area contributed by atoms with Crippen molar-refractivity contribution in [3.05, 3.63) is 34.9 Å². The van der Waals surface area contributed by atoms with Gasteiger partial charge in [-0.2, -0.15) is 0 Å². The quantitative estimate of drug-likeness (QED) is 0.762. The molecule has 0 N–H and O–H groups in total. The highest BCUT2D eigenvalue weighted by atomic mass is 35.5. The number of hydrogen-bond donors (Lipinski definition) is 0. The predicted octanol–water partition coefficient (Wildman–Crippen LogP) is 4.10. The Morgan fingerprint density at radius 1 is 1.35 bits per heavy atom. The lowest BCUT2D eigenvalue weighted by Gasteiger charge is -2.33. The van der Waals surface area contributed by atoms with Crippen molar-refractivity contribution in [2.24, 2.45) is 0 Å². The van der Waals surface area contributed by atoms with Crippen molar-refractivity contribution in [1.29, 1.82) is 0 Å². The number of halogens is 1. The van der Waals surface area contributed by atoms with Gasteiger partial charge in [0.2, 0.25) is 0 Å². The maximum absolute atomic E-state index is 6.36. The minimum Gasteiger partial charge on any atom is -0.303 e. The fraction of sp³-hybridized carbons (Fsp3) is 0.600. The molecule has 0 aromatic heterocycles. The Morgan fingerprint density at radius 3 is 2.53 bits per heavy atom. The largest absolute Gasteiger partial charge is 0.303 e. The van der Waals surface area contributed by atoms with Gasteiger partial charge in [-0.1, -0.05) is 36.7 Å². The number of benzene rings is 1. The van der Waals surface area contributed by atoms with E-state index in [0.29, 0.717) is 11.5 Å². The molecule has 1 fully saturated rings. The van der Waals surface area contributed by atoms with E-state index in [1.165, 1.54) is 24.8 Å². The van der Waals surface area contributed by atoms with E-state index in [-0.39, 0.29) is 0 Å². The van der Waals surface area contributed by atoms with Crippen LogP contribution in [-0.4, -0.2) is 24.5 Å². The van der Waals surface area contributed by atoms with Crippen LogP contribution in [-0.2, 0) is 5.41 Å². The number of nitrogens with zero attached hydrogens (tertiary/aromatic N) is 1. The molecule has 0 radical (unpaired) electrons. The average molecular weight is 252 g/mol. The van der Waals surface area contributed by atoms with Gasteiger partial charge in [0.15, 0.2) is 0 Å². The molecule has 0 amide bonds. The zero-order valence-electron chi connectivity index (χ0n) is 11.0. The minimum atomic E-state index is 0.308. The third-order valence-electron chi connectivity index (χ3n) is 4.24. The SMILES string of the molecule is CCCN(C)C(C)C1(c2ccccc2Cl)CC1. The van der Waals surface area contributed by atoms with Crippen LogP contribution in [0.15, 0.2) is 24.3 Å². The molecule has 1 aliphatic carbocycles. The average Bonchev–Trinajstić information content (AvgIpc) is 3.10. The third kappa shape index (κ3) is 2.36. The van der Waals surface area contributed by atoms with Gasteiger partial charge in [-0.3, -0.25) is 0 Å². The summed E-state index contributed by atoms with van der Waals surface area (Å²) in [6, 6.07) is 8.91. The lowest BCUT2D eigenvalue weighted by Crippen LogP contribution is -2.39. The summed E-state index contributed by atoms with van der Waals surface area (Å²) in [6.45, 7) is 5.73. The number of rotatable bonds is 5. The molecule has 1 aliphatic rings. The molecule has 0 bridgehead atoms. The Balaban J connectivity index is 2.22. The van der Waals surface area contributed by atoms with Gasteiger partial charge in [-0.15, -0.1) is 0 Å². The standard InChI is InChI=1S/C15H22ClN/c1-4-11-17(3)12(2)15(9-10-15)13-7-5-6-8-14(13)16/h5-8,12H,4,9-11H2,1-3H3. The molecule has 0 aliphatic heterocycles. The maximum Gasteiger partial charge on any atom is 0.0444 e. The molecule has 94 valence electrons. The van der Waals surface area contributed by atoms with Crippen molar-refractivity contribution in [2.45, 2.75) is 44.6 Å². The van der Waals surface area contributed by atoms with Crippen molar-refractivity contribution in [1.82, 2.24) is 4.90 Å². The smallest absolute Gasteiger partial charge is 0.0444 e. The van der Waals surface area contributed by atoms with Crippen LogP contribution in [0.4, 0.5) is 0 Å². The second-order valence-electron chi connectivity index (χ2n) is 5.29. The molecule has 1 unspecified atom stereocenters. The summed E-state index contributed by atoms with van der Waals surface area (Å²) in [5, 5.41) is 0.932. The summed E-state index contributed by atoms with van der Waals surface area (Å²) in [4.78, 5) is 2.47. The molecule has 2 rings (SSSR count). The summed E-state index contributed by atoms with van der Waals surface area (Å²) in [5.74, 6) is 0. The first kappa shape index (κ1) is 12.9. The summed E-state index contributed by atoms with van der Waals surface area (Å²) in [5.41, 5.74) is 1.65. The van der Waals surface area contributed by atoms with Crippen molar-refractivity contribution < 1.29 is 0 Å². The molecular formula is C15H22ClN. The normalized spacial score (nSPS) is 19.4. The van der Waals surface area contributed by atoms with Crippen LogP contribution < -0.4 is 0 Å². The molecule has 1 saturated carbocycles. The van der Waals surface area contributed by atoms with Gasteiger partial charge in [-0.25, -0.2) is 0 Å². The zero-order chi connectivity index (χ0) is 12.5. The Kier molecular flexibility index (Phi) is 3.79. The van der Waals surface area contributed by atoms with E-state index >= 15 is 0 Å². The second-order valence-corrected chi connectivity index (χ2v) is 5.70. The molecule has 1 aromatic rings. The van der Waals surface area contributed by atoms with Crippen LogP contribution in [0.2, 0.25) is 5.02 Å². The first-order valence-corrected chi connectivity index (χ1v) is 6.95. The summed E-state index contributed by atoms with van der Waals surface area (Å²) < 4.78 is 0. The molecular weight excluding hydrogens is 230 g/mol. The molecule has 1 aromatic carbocycles. The van der Waals surface area contributed by atoms with E-state index in [0.717, 1.165) is 11.6 Å². The third-order valence-corrected chi connectivity index (χ3v) is 4.57. The highest BCUT2D eigenvalue weighted by Gasteiger charge is 2.50. The minimum absolute atomic E-state index is 0.308. The Bertz CT molecular complexity index is 384. The van der Waals surface area contributed by atoms with Crippen LogP contribution in [0.5, 0.6) is 0 Å². The van der Waals surface area contributed by atoms with E-state index in [1.54, 1.807) is 0 Å². The highest BCUT2D eigenvalue weighted by Crippen LogP contribution is 2.54. The van der Waals surface area contributed by atoms with Crippen molar-refractivity contribution in [3.63, 3.8) is 0 Å². The van der Waals surface area contributed by atoms with Gasteiger partial charge >= 0.3 is 0 Å². The molecule has 1 atom stereocenters. The maximum atomic E-state index is 6.36. The Morgan fingerprint density at radius 2 is 2.00 bits per heavy atom. The van der Waals surface area contributed by atoms with Crippen LogP contribution in [0.25, 0.3) is 0 Å². The van der Waals surface area contributed by atoms with Crippen molar-refractivity contribution in [3.8, 4) is 0 Å². The van der Waals surface area contributed by atoms with Gasteiger partial charge < -0.3 is 4.90 Å². The fourth-order valence-electron chi connectivity index (χ4n) is 2.88. The second kappa shape index (κ2) is 4.99. The first-order valence-electron chi connectivity index (χ1n) is 6.57. The van der Waals surface area contributed by atoms with E-state index in [2.05, 4.69) is 37.9 Å². The van der Waals surface area contributed by atoms with Gasteiger partial charge in [-0.05, 0) is 51.4 Å². The van der Waals surface area contributed by atoms with Gasteiger partial charge in [0.05, 0.1) is 0 Å². The van der Waals surface area contributed by atoms with Crippen LogP contribution in [0, 0.1) is 0 Å².